The summed E-state index contributed by atoms with van der Waals surface area (Å²) in [5, 5.41) is 3.43. The third-order valence-corrected chi connectivity index (χ3v) is 1.34. The Morgan fingerprint density at radius 2 is 2.08 bits per heavy atom. The van der Waals surface area contributed by atoms with Gasteiger partial charge in [0.1, 0.15) is 0 Å². The minimum absolute atomic E-state index is 0.255. The molecule has 1 radical (unpaired) electrons. The maximum Gasteiger partial charge on any atom is 0.388 e. The molecule has 0 spiro atoms. The molecular weight excluding hydrogens is 185 g/mol. The van der Waals surface area contributed by atoms with Gasteiger partial charge in [-0.05, 0) is 13.8 Å². The molecule has 1 aromatic rings. The second-order valence-electron chi connectivity index (χ2n) is 2.65. The second-order valence-corrected chi connectivity index (χ2v) is 2.65. The van der Waals surface area contributed by atoms with E-state index in [4.69, 9.17) is 0 Å². The number of hydrogen-bond donors (Lipinski definition) is 0. The molecule has 73 valence electrons. The molecule has 0 aliphatic carbocycles. The van der Waals surface area contributed by atoms with E-state index in [2.05, 4.69) is 9.84 Å². The zero-order valence-corrected chi connectivity index (χ0v) is 7.09. The largest absolute Gasteiger partial charge is 0.414 e. The van der Waals surface area contributed by atoms with Crippen LogP contribution in [-0.2, 0) is 0 Å². The fourth-order valence-corrected chi connectivity index (χ4v) is 0.832. The van der Waals surface area contributed by atoms with Crippen molar-refractivity contribution in [2.45, 2.75) is 26.5 Å². The van der Waals surface area contributed by atoms with Gasteiger partial charge in [0, 0.05) is 0 Å². The topological polar surface area (TPSA) is 27.1 Å². The molecule has 0 fully saturated rings. The molecule has 0 unspecified atom stereocenters. The zero-order chi connectivity index (χ0) is 10.0. The van der Waals surface area contributed by atoms with Gasteiger partial charge < -0.3 is 4.74 Å². The summed E-state index contributed by atoms with van der Waals surface area (Å²) in [5.74, 6) is -1.58. The van der Waals surface area contributed by atoms with Gasteiger partial charge in [0.05, 0.1) is 6.04 Å². The van der Waals surface area contributed by atoms with Gasteiger partial charge in [-0.25, -0.2) is 4.68 Å². The average molecular weight is 193 g/mol. The van der Waals surface area contributed by atoms with Gasteiger partial charge in [0.15, 0.2) is 6.20 Å². The van der Waals surface area contributed by atoms with Crippen molar-refractivity contribution >= 4 is 0 Å². The normalized spacial score (nSPS) is 11.3. The number of ether oxygens (including phenoxy) is 1. The molecule has 13 heavy (non-hydrogen) atoms. The van der Waals surface area contributed by atoms with E-state index in [1.165, 1.54) is 0 Å². The summed E-state index contributed by atoms with van der Waals surface area (Å²) < 4.78 is 41.2. The van der Waals surface area contributed by atoms with Crippen LogP contribution in [-0.4, -0.2) is 16.4 Å². The summed E-state index contributed by atoms with van der Waals surface area (Å²) >= 11 is 0. The highest BCUT2D eigenvalue weighted by atomic mass is 19.3. The molecule has 0 atom stereocenters. The molecule has 1 aromatic heterocycles. The van der Waals surface area contributed by atoms with E-state index in [0.717, 1.165) is 4.68 Å². The zero-order valence-electron chi connectivity index (χ0n) is 7.09. The molecule has 3 nitrogen and oxygen atoms in total. The fourth-order valence-electron chi connectivity index (χ4n) is 0.832. The Morgan fingerprint density at radius 3 is 2.54 bits per heavy atom. The lowest BCUT2D eigenvalue weighted by Gasteiger charge is -2.10. The summed E-state index contributed by atoms with van der Waals surface area (Å²) in [7, 11) is 0. The highest BCUT2D eigenvalue weighted by Crippen LogP contribution is 2.21. The molecular formula is C7H8F3N2O. The monoisotopic (exact) mass is 193 g/mol. The van der Waals surface area contributed by atoms with Gasteiger partial charge in [-0.15, -0.1) is 0 Å². The molecule has 0 saturated heterocycles. The Hall–Kier alpha value is -1.20. The number of rotatable bonds is 3. The third-order valence-electron chi connectivity index (χ3n) is 1.34. The van der Waals surface area contributed by atoms with Gasteiger partial charge in [-0.1, -0.05) is 0 Å². The molecule has 0 amide bonds. The Kier molecular flexibility index (Phi) is 2.79. The van der Waals surface area contributed by atoms with Crippen LogP contribution < -0.4 is 4.74 Å². The van der Waals surface area contributed by atoms with Crippen LogP contribution in [0, 0.1) is 12.0 Å². The van der Waals surface area contributed by atoms with Crippen molar-refractivity contribution in [3.8, 4) is 5.88 Å². The minimum Gasteiger partial charge on any atom is -0.414 e. The lowest BCUT2D eigenvalue weighted by atomic mass is 10.4. The first kappa shape index (κ1) is 9.88. The van der Waals surface area contributed by atoms with Crippen molar-refractivity contribution in [1.29, 1.82) is 0 Å². The Balaban J connectivity index is 2.94. The van der Waals surface area contributed by atoms with Gasteiger partial charge in [0.2, 0.25) is 5.82 Å². The lowest BCUT2D eigenvalue weighted by molar-refractivity contribution is -0.0587. The molecule has 6 heteroatoms. The first-order valence-electron chi connectivity index (χ1n) is 3.63. The van der Waals surface area contributed by atoms with Crippen LogP contribution in [0.5, 0.6) is 5.88 Å². The molecule has 1 heterocycles. The smallest absolute Gasteiger partial charge is 0.388 e. The molecule has 0 aliphatic rings. The van der Waals surface area contributed by atoms with Crippen molar-refractivity contribution in [1.82, 2.24) is 9.78 Å². The number of aromatic nitrogens is 2. The molecule has 0 saturated carbocycles. The van der Waals surface area contributed by atoms with Crippen LogP contribution in [0.15, 0.2) is 0 Å². The molecule has 0 aromatic carbocycles. The maximum absolute atomic E-state index is 12.7. The summed E-state index contributed by atoms with van der Waals surface area (Å²) in [5.41, 5.74) is 0. The third kappa shape index (κ3) is 2.13. The standard InChI is InChI=1S/C7H8F3N2O/c1-4(2)12-6(13-7(9)10)5(8)3-11-12/h4,7H,1-2H3. The van der Waals surface area contributed by atoms with Crippen molar-refractivity contribution in [3.05, 3.63) is 12.0 Å². The SMILES string of the molecule is CC(C)n1n[c]c(F)c1OC(F)F. The van der Waals surface area contributed by atoms with Crippen molar-refractivity contribution in [2.24, 2.45) is 0 Å². The van der Waals surface area contributed by atoms with Gasteiger partial charge >= 0.3 is 6.61 Å². The van der Waals surface area contributed by atoms with E-state index in [0.29, 0.717) is 0 Å². The highest BCUT2D eigenvalue weighted by molar-refractivity contribution is 5.11. The Labute approximate surface area is 73.1 Å². The lowest BCUT2D eigenvalue weighted by Crippen LogP contribution is -2.11. The summed E-state index contributed by atoms with van der Waals surface area (Å²) in [6.45, 7) is 0.272. The van der Waals surface area contributed by atoms with E-state index in [1.807, 2.05) is 6.20 Å². The number of halogens is 3. The second kappa shape index (κ2) is 3.68. The van der Waals surface area contributed by atoms with E-state index < -0.39 is 18.3 Å². The van der Waals surface area contributed by atoms with E-state index in [9.17, 15) is 13.2 Å². The molecule has 1 rings (SSSR count). The summed E-state index contributed by atoms with van der Waals surface area (Å²) in [6, 6.07) is -0.255. The van der Waals surface area contributed by atoms with Crippen LogP contribution in [0.4, 0.5) is 13.2 Å². The molecule has 0 N–H and O–H groups in total. The van der Waals surface area contributed by atoms with Gasteiger partial charge in [0.25, 0.3) is 5.88 Å². The van der Waals surface area contributed by atoms with E-state index in [-0.39, 0.29) is 6.04 Å². The quantitative estimate of drug-likeness (QED) is 0.734. The first-order valence-corrected chi connectivity index (χ1v) is 3.63. The predicted octanol–water partition coefficient (Wildman–Crippen LogP) is 2.00. The Bertz CT molecular complexity index is 285. The van der Waals surface area contributed by atoms with Gasteiger partial charge in [-0.3, -0.25) is 0 Å². The highest BCUT2D eigenvalue weighted by Gasteiger charge is 2.18. The predicted molar refractivity (Wildman–Crippen MR) is 38.0 cm³/mol. The van der Waals surface area contributed by atoms with Crippen LogP contribution in [0.3, 0.4) is 0 Å². The van der Waals surface area contributed by atoms with E-state index in [1.54, 1.807) is 13.8 Å². The van der Waals surface area contributed by atoms with Crippen molar-refractivity contribution < 1.29 is 17.9 Å². The van der Waals surface area contributed by atoms with Crippen molar-refractivity contribution in [2.75, 3.05) is 0 Å². The minimum atomic E-state index is -3.06. The van der Waals surface area contributed by atoms with E-state index >= 15 is 0 Å². The first-order chi connectivity index (χ1) is 6.02. The average Bonchev–Trinajstić information content (AvgIpc) is 2.32. The maximum atomic E-state index is 12.7. The summed E-state index contributed by atoms with van der Waals surface area (Å²) in [6.07, 6.45) is 1.91. The van der Waals surface area contributed by atoms with Gasteiger partial charge in [-0.2, -0.15) is 18.3 Å². The van der Waals surface area contributed by atoms with Crippen LogP contribution in [0.25, 0.3) is 0 Å². The van der Waals surface area contributed by atoms with Crippen LogP contribution in [0.2, 0.25) is 0 Å². The summed E-state index contributed by atoms with van der Waals surface area (Å²) in [4.78, 5) is 0. The number of alkyl halides is 2. The molecule has 0 bridgehead atoms. The molecule has 0 aliphatic heterocycles. The number of hydrogen-bond acceptors (Lipinski definition) is 2. The fraction of sp³-hybridized carbons (Fsp3) is 0.571. The van der Waals surface area contributed by atoms with Crippen LogP contribution >= 0.6 is 0 Å². The van der Waals surface area contributed by atoms with Crippen molar-refractivity contribution in [3.63, 3.8) is 0 Å². The number of nitrogens with zero attached hydrogens (tertiary/aromatic N) is 2. The van der Waals surface area contributed by atoms with Crippen LogP contribution in [0.1, 0.15) is 19.9 Å². The Morgan fingerprint density at radius 1 is 1.46 bits per heavy atom.